The number of likely N-dealkylation sites (tertiary alicyclic amines) is 1. The van der Waals surface area contributed by atoms with Gasteiger partial charge in [-0.05, 0) is 51.5 Å². The smallest absolute Gasteiger partial charge is 0.0572 e. The van der Waals surface area contributed by atoms with E-state index in [4.69, 9.17) is 5.73 Å². The normalized spacial score (nSPS) is 19.4. The van der Waals surface area contributed by atoms with Crippen molar-refractivity contribution in [3.8, 4) is 0 Å². The highest BCUT2D eigenvalue weighted by molar-refractivity contribution is 5.45. The molecule has 1 fully saturated rings. The second-order valence-electron chi connectivity index (χ2n) is 5.60. The van der Waals surface area contributed by atoms with Gasteiger partial charge in [0.15, 0.2) is 0 Å². The van der Waals surface area contributed by atoms with E-state index in [1.165, 1.54) is 31.6 Å². The van der Waals surface area contributed by atoms with Crippen molar-refractivity contribution in [2.45, 2.75) is 38.3 Å². The summed E-state index contributed by atoms with van der Waals surface area (Å²) in [6, 6.07) is 4.90. The van der Waals surface area contributed by atoms with Crippen molar-refractivity contribution in [2.24, 2.45) is 5.73 Å². The van der Waals surface area contributed by atoms with Crippen LogP contribution in [0.3, 0.4) is 0 Å². The molecule has 0 amide bonds. The number of hydrogen-bond acceptors (Lipinski definition) is 4. The van der Waals surface area contributed by atoms with Gasteiger partial charge in [-0.2, -0.15) is 0 Å². The summed E-state index contributed by atoms with van der Waals surface area (Å²) in [5, 5.41) is 0. The van der Waals surface area contributed by atoms with Gasteiger partial charge < -0.3 is 15.5 Å². The molecule has 1 aromatic heterocycles. The van der Waals surface area contributed by atoms with Gasteiger partial charge in [0.05, 0.1) is 17.6 Å². The molecule has 0 aliphatic carbocycles. The minimum atomic E-state index is 0.0580. The number of pyridine rings is 1. The maximum Gasteiger partial charge on any atom is 0.0572 e. The molecule has 0 radical (unpaired) electrons. The van der Waals surface area contributed by atoms with Crippen molar-refractivity contribution in [1.82, 2.24) is 9.88 Å². The van der Waals surface area contributed by atoms with Crippen molar-refractivity contribution >= 4 is 5.69 Å². The summed E-state index contributed by atoms with van der Waals surface area (Å²) in [6.07, 6.45) is 5.34. The molecule has 2 N–H and O–H groups in total. The maximum atomic E-state index is 6.00. The van der Waals surface area contributed by atoms with Gasteiger partial charge in [0, 0.05) is 19.1 Å². The Morgan fingerprint density at radius 2 is 2.11 bits per heavy atom. The number of hydrogen-bond donors (Lipinski definition) is 1. The monoisotopic (exact) mass is 262 g/mol. The fraction of sp³-hybridized carbons (Fsp3) is 0.667. The largest absolute Gasteiger partial charge is 0.370 e. The van der Waals surface area contributed by atoms with Crippen LogP contribution in [-0.2, 0) is 0 Å². The molecule has 0 spiro atoms. The Kier molecular flexibility index (Phi) is 4.77. The van der Waals surface area contributed by atoms with Crippen LogP contribution in [-0.4, -0.2) is 43.1 Å². The van der Waals surface area contributed by atoms with Crippen molar-refractivity contribution < 1.29 is 0 Å². The van der Waals surface area contributed by atoms with Crippen molar-refractivity contribution in [1.29, 1.82) is 0 Å². The van der Waals surface area contributed by atoms with Gasteiger partial charge in [-0.3, -0.25) is 4.98 Å². The molecular weight excluding hydrogens is 236 g/mol. The topological polar surface area (TPSA) is 45.4 Å². The SMILES string of the molecule is CC[C@H](N)c1ccc(N(C)C2CCN(C)CC2)cn1. The third-order valence-electron chi connectivity index (χ3n) is 4.23. The Bertz CT molecular complexity index is 382. The maximum absolute atomic E-state index is 6.00. The minimum Gasteiger partial charge on any atom is -0.370 e. The first-order valence-electron chi connectivity index (χ1n) is 7.24. The Morgan fingerprint density at radius 1 is 1.42 bits per heavy atom. The molecule has 1 atom stereocenters. The molecule has 1 aliphatic heterocycles. The minimum absolute atomic E-state index is 0.0580. The average Bonchev–Trinajstić information content (AvgIpc) is 2.46. The van der Waals surface area contributed by atoms with Gasteiger partial charge in [-0.15, -0.1) is 0 Å². The highest BCUT2D eigenvalue weighted by Gasteiger charge is 2.21. The summed E-state index contributed by atoms with van der Waals surface area (Å²) >= 11 is 0. The Labute approximate surface area is 116 Å². The fourth-order valence-corrected chi connectivity index (χ4v) is 2.63. The highest BCUT2D eigenvalue weighted by atomic mass is 15.2. The van der Waals surface area contributed by atoms with Gasteiger partial charge in [0.25, 0.3) is 0 Å². The molecule has 1 aromatic rings. The zero-order valence-electron chi connectivity index (χ0n) is 12.3. The number of aromatic nitrogens is 1. The lowest BCUT2D eigenvalue weighted by atomic mass is 10.0. The van der Waals surface area contributed by atoms with Crippen LogP contribution in [0.4, 0.5) is 5.69 Å². The molecule has 0 saturated carbocycles. The number of nitrogens with two attached hydrogens (primary N) is 1. The first-order chi connectivity index (χ1) is 9.11. The van der Waals surface area contributed by atoms with E-state index < -0.39 is 0 Å². The predicted octanol–water partition coefficient (Wildman–Crippen LogP) is 2.02. The Morgan fingerprint density at radius 3 is 2.63 bits per heavy atom. The molecule has 0 aromatic carbocycles. The van der Waals surface area contributed by atoms with E-state index in [2.05, 4.69) is 47.9 Å². The first kappa shape index (κ1) is 14.3. The number of nitrogens with zero attached hydrogens (tertiary/aromatic N) is 3. The van der Waals surface area contributed by atoms with Crippen LogP contribution in [0.15, 0.2) is 18.3 Å². The molecule has 2 heterocycles. The molecule has 0 unspecified atom stereocenters. The average molecular weight is 262 g/mol. The molecule has 19 heavy (non-hydrogen) atoms. The molecular formula is C15H26N4. The van der Waals surface area contributed by atoms with Crippen LogP contribution >= 0.6 is 0 Å². The Balaban J connectivity index is 2.01. The first-order valence-corrected chi connectivity index (χ1v) is 7.24. The molecule has 0 bridgehead atoms. The third-order valence-corrected chi connectivity index (χ3v) is 4.23. The van der Waals surface area contributed by atoms with E-state index in [0.29, 0.717) is 6.04 Å². The number of piperidine rings is 1. The molecule has 2 rings (SSSR count). The number of rotatable bonds is 4. The standard InChI is InChI=1S/C15H26N4/c1-4-14(16)15-6-5-13(11-17-15)19(3)12-7-9-18(2)10-8-12/h5-6,11-12,14H,4,7-10,16H2,1-3H3/t14-/m0/s1. The van der Waals surface area contributed by atoms with E-state index in [-0.39, 0.29) is 6.04 Å². The molecule has 1 aliphatic rings. The van der Waals surface area contributed by atoms with Crippen molar-refractivity contribution in [2.75, 3.05) is 32.1 Å². The van der Waals surface area contributed by atoms with Gasteiger partial charge in [-0.25, -0.2) is 0 Å². The summed E-state index contributed by atoms with van der Waals surface area (Å²) in [4.78, 5) is 9.26. The third kappa shape index (κ3) is 3.45. The van der Waals surface area contributed by atoms with Crippen LogP contribution in [0.2, 0.25) is 0 Å². The van der Waals surface area contributed by atoms with Gasteiger partial charge in [0.2, 0.25) is 0 Å². The quantitative estimate of drug-likeness (QED) is 0.902. The second-order valence-corrected chi connectivity index (χ2v) is 5.60. The summed E-state index contributed by atoms with van der Waals surface area (Å²) in [6.45, 7) is 4.45. The zero-order valence-corrected chi connectivity index (χ0v) is 12.3. The summed E-state index contributed by atoms with van der Waals surface area (Å²) in [7, 11) is 4.37. The zero-order chi connectivity index (χ0) is 13.8. The highest BCUT2D eigenvalue weighted by Crippen LogP contribution is 2.22. The van der Waals surface area contributed by atoms with Crippen LogP contribution in [0.1, 0.15) is 37.9 Å². The second kappa shape index (κ2) is 6.35. The van der Waals surface area contributed by atoms with Crippen LogP contribution in [0.25, 0.3) is 0 Å². The molecule has 4 heteroatoms. The summed E-state index contributed by atoms with van der Waals surface area (Å²) in [5.41, 5.74) is 8.18. The van der Waals surface area contributed by atoms with E-state index in [0.717, 1.165) is 12.1 Å². The van der Waals surface area contributed by atoms with Gasteiger partial charge >= 0.3 is 0 Å². The van der Waals surface area contributed by atoms with E-state index in [1.807, 2.05) is 6.20 Å². The Hall–Kier alpha value is -1.13. The number of anilines is 1. The summed E-state index contributed by atoms with van der Waals surface area (Å²) < 4.78 is 0. The lowest BCUT2D eigenvalue weighted by molar-refractivity contribution is 0.253. The summed E-state index contributed by atoms with van der Waals surface area (Å²) in [5.74, 6) is 0. The van der Waals surface area contributed by atoms with E-state index in [9.17, 15) is 0 Å². The van der Waals surface area contributed by atoms with Crippen LogP contribution in [0.5, 0.6) is 0 Å². The van der Waals surface area contributed by atoms with E-state index >= 15 is 0 Å². The van der Waals surface area contributed by atoms with Crippen LogP contribution < -0.4 is 10.6 Å². The van der Waals surface area contributed by atoms with Crippen molar-refractivity contribution in [3.05, 3.63) is 24.0 Å². The lowest BCUT2D eigenvalue weighted by Gasteiger charge is -2.36. The predicted molar refractivity (Wildman–Crippen MR) is 80.4 cm³/mol. The molecule has 106 valence electrons. The molecule has 1 saturated heterocycles. The van der Waals surface area contributed by atoms with Gasteiger partial charge in [0.1, 0.15) is 0 Å². The molecule has 4 nitrogen and oxygen atoms in total. The lowest BCUT2D eigenvalue weighted by Crippen LogP contribution is -2.42. The van der Waals surface area contributed by atoms with Crippen molar-refractivity contribution in [3.63, 3.8) is 0 Å². The fourth-order valence-electron chi connectivity index (χ4n) is 2.63. The van der Waals surface area contributed by atoms with Gasteiger partial charge in [-0.1, -0.05) is 6.92 Å². The van der Waals surface area contributed by atoms with Crippen LogP contribution in [0, 0.1) is 0 Å². The van der Waals surface area contributed by atoms with E-state index in [1.54, 1.807) is 0 Å².